The van der Waals surface area contributed by atoms with Crippen molar-refractivity contribution in [1.29, 1.82) is 0 Å². The standard InChI is InChI=1S/C28H31F3N2O3/c29-28(30,31)22-8-4-5-19(12-22)26(35)32-16-24(34)11-18-9-10-33(17-18)25-14-23-13-20(25)15-27(23,36)21-6-2-1-3-7-21/h1-8,12,18,20,23,25,36H,9-11,13-17H2,(H,32,35)/t18-,20?,23?,25?,27?/m0/s1. The maximum atomic E-state index is 12.9. The topological polar surface area (TPSA) is 69.6 Å². The average Bonchev–Trinajstić information content (AvgIpc) is 3.57. The lowest BCUT2D eigenvalue weighted by molar-refractivity contribution is -0.137. The monoisotopic (exact) mass is 500 g/mol. The van der Waals surface area contributed by atoms with E-state index in [-0.39, 0.29) is 29.7 Å². The number of ketones is 1. The number of hydrogen-bond acceptors (Lipinski definition) is 4. The highest BCUT2D eigenvalue weighted by molar-refractivity contribution is 5.96. The minimum Gasteiger partial charge on any atom is -0.385 e. The van der Waals surface area contributed by atoms with Crippen LogP contribution in [0.4, 0.5) is 13.2 Å². The Balaban J connectivity index is 1.09. The van der Waals surface area contributed by atoms with E-state index >= 15 is 0 Å². The van der Waals surface area contributed by atoms with Crippen LogP contribution in [0.5, 0.6) is 0 Å². The Labute approximate surface area is 208 Å². The first kappa shape index (κ1) is 25.0. The minimum atomic E-state index is -4.53. The predicted octanol–water partition coefficient (Wildman–Crippen LogP) is 4.40. The molecule has 1 amide bonds. The molecule has 5 nitrogen and oxygen atoms in total. The highest BCUT2D eigenvalue weighted by atomic mass is 19.4. The summed E-state index contributed by atoms with van der Waals surface area (Å²) in [6, 6.07) is 14.6. The van der Waals surface area contributed by atoms with Crippen molar-refractivity contribution in [3.63, 3.8) is 0 Å². The van der Waals surface area contributed by atoms with Crippen molar-refractivity contribution in [2.75, 3.05) is 19.6 Å². The molecule has 0 spiro atoms. The molecule has 36 heavy (non-hydrogen) atoms. The van der Waals surface area contributed by atoms with E-state index in [0.29, 0.717) is 18.4 Å². The SMILES string of the molecule is O=C(CNC(=O)c1cccc(C(F)(F)F)c1)C[C@@H]1CCN(C2CC3CC2CC3(O)c2ccccc2)C1. The fourth-order valence-corrected chi connectivity index (χ4v) is 6.65. The van der Waals surface area contributed by atoms with E-state index in [9.17, 15) is 27.9 Å². The maximum absolute atomic E-state index is 12.9. The van der Waals surface area contributed by atoms with Gasteiger partial charge in [0.1, 0.15) is 0 Å². The third kappa shape index (κ3) is 4.93. The third-order valence-electron chi connectivity index (χ3n) is 8.38. The molecule has 0 aromatic heterocycles. The Morgan fingerprint density at radius 3 is 2.56 bits per heavy atom. The summed E-state index contributed by atoms with van der Waals surface area (Å²) >= 11 is 0. The molecule has 8 heteroatoms. The Kier molecular flexibility index (Phi) is 6.68. The van der Waals surface area contributed by atoms with Crippen LogP contribution in [0.3, 0.4) is 0 Å². The Morgan fingerprint density at radius 2 is 1.86 bits per heavy atom. The van der Waals surface area contributed by atoms with Crippen molar-refractivity contribution in [1.82, 2.24) is 10.2 Å². The summed E-state index contributed by atoms with van der Waals surface area (Å²) in [5.41, 5.74) is -0.741. The van der Waals surface area contributed by atoms with Crippen molar-refractivity contribution in [2.24, 2.45) is 17.8 Å². The number of benzene rings is 2. The van der Waals surface area contributed by atoms with Crippen molar-refractivity contribution in [3.8, 4) is 0 Å². The first-order chi connectivity index (χ1) is 17.1. The van der Waals surface area contributed by atoms with Crippen LogP contribution in [0, 0.1) is 17.8 Å². The minimum absolute atomic E-state index is 0.114. The molecule has 2 saturated carbocycles. The second-order valence-corrected chi connectivity index (χ2v) is 10.6. The number of nitrogens with one attached hydrogen (secondary N) is 1. The zero-order valence-corrected chi connectivity index (χ0v) is 20.0. The van der Waals surface area contributed by atoms with E-state index in [4.69, 9.17) is 0 Å². The summed E-state index contributed by atoms with van der Waals surface area (Å²) in [6.07, 6.45) is -0.521. The van der Waals surface area contributed by atoms with Crippen LogP contribution in [0.15, 0.2) is 54.6 Å². The number of halogens is 3. The smallest absolute Gasteiger partial charge is 0.385 e. The van der Waals surface area contributed by atoms with E-state index in [2.05, 4.69) is 10.2 Å². The summed E-state index contributed by atoms with van der Waals surface area (Å²) in [6.45, 7) is 1.56. The molecule has 2 aromatic rings. The molecule has 5 rings (SSSR count). The molecule has 2 aromatic carbocycles. The molecule has 1 aliphatic heterocycles. The van der Waals surface area contributed by atoms with E-state index < -0.39 is 23.2 Å². The van der Waals surface area contributed by atoms with Crippen LogP contribution in [0.25, 0.3) is 0 Å². The van der Waals surface area contributed by atoms with Gasteiger partial charge in [-0.05, 0) is 73.7 Å². The van der Waals surface area contributed by atoms with Crippen LogP contribution in [-0.2, 0) is 16.6 Å². The van der Waals surface area contributed by atoms with E-state index in [1.807, 2.05) is 30.3 Å². The molecule has 2 bridgehead atoms. The Hall–Kier alpha value is -2.71. The van der Waals surface area contributed by atoms with Crippen molar-refractivity contribution < 1.29 is 27.9 Å². The molecule has 2 N–H and O–H groups in total. The molecule has 2 aliphatic carbocycles. The van der Waals surface area contributed by atoms with Crippen LogP contribution in [0.2, 0.25) is 0 Å². The Bertz CT molecular complexity index is 1120. The van der Waals surface area contributed by atoms with Gasteiger partial charge < -0.3 is 10.4 Å². The third-order valence-corrected chi connectivity index (χ3v) is 8.38. The van der Waals surface area contributed by atoms with E-state index in [1.165, 1.54) is 12.1 Å². The number of amides is 1. The first-order valence-corrected chi connectivity index (χ1v) is 12.6. The van der Waals surface area contributed by atoms with Gasteiger partial charge in [-0.25, -0.2) is 0 Å². The highest BCUT2D eigenvalue weighted by Gasteiger charge is 2.56. The second-order valence-electron chi connectivity index (χ2n) is 10.6. The summed E-state index contributed by atoms with van der Waals surface area (Å²) in [4.78, 5) is 27.2. The molecule has 1 saturated heterocycles. The zero-order valence-electron chi connectivity index (χ0n) is 20.0. The largest absolute Gasteiger partial charge is 0.416 e. The zero-order chi connectivity index (χ0) is 25.5. The number of carbonyl (C=O) groups is 2. The van der Waals surface area contributed by atoms with Gasteiger partial charge in [0.25, 0.3) is 5.91 Å². The maximum Gasteiger partial charge on any atom is 0.416 e. The lowest BCUT2D eigenvalue weighted by atomic mass is 9.77. The molecule has 3 aliphatic rings. The fraction of sp³-hybridized carbons (Fsp3) is 0.500. The number of rotatable bonds is 7. The average molecular weight is 501 g/mol. The summed E-state index contributed by atoms with van der Waals surface area (Å²) < 4.78 is 38.6. The van der Waals surface area contributed by atoms with E-state index in [1.54, 1.807) is 0 Å². The molecular weight excluding hydrogens is 469 g/mol. The van der Waals surface area contributed by atoms with E-state index in [0.717, 1.165) is 56.5 Å². The first-order valence-electron chi connectivity index (χ1n) is 12.6. The predicted molar refractivity (Wildman–Crippen MR) is 128 cm³/mol. The summed E-state index contributed by atoms with van der Waals surface area (Å²) in [7, 11) is 0. The van der Waals surface area contributed by atoms with Crippen LogP contribution in [-0.4, -0.2) is 47.4 Å². The molecule has 3 fully saturated rings. The summed E-state index contributed by atoms with van der Waals surface area (Å²) in [5, 5.41) is 13.8. The number of carbonyl (C=O) groups excluding carboxylic acids is 2. The number of alkyl halides is 3. The Morgan fingerprint density at radius 1 is 1.08 bits per heavy atom. The number of aliphatic hydroxyl groups is 1. The van der Waals surface area contributed by atoms with Gasteiger partial charge in [0.15, 0.2) is 5.78 Å². The number of hydrogen-bond donors (Lipinski definition) is 2. The molecular formula is C28H31F3N2O3. The van der Waals surface area contributed by atoms with Crippen LogP contribution >= 0.6 is 0 Å². The second kappa shape index (κ2) is 9.63. The van der Waals surface area contributed by atoms with Gasteiger partial charge in [-0.3, -0.25) is 14.5 Å². The summed E-state index contributed by atoms with van der Waals surface area (Å²) in [5.74, 6) is 0.0992. The van der Waals surface area contributed by atoms with Gasteiger partial charge >= 0.3 is 6.18 Å². The quantitative estimate of drug-likeness (QED) is 0.591. The number of nitrogens with zero attached hydrogens (tertiary/aromatic N) is 1. The fourth-order valence-electron chi connectivity index (χ4n) is 6.65. The van der Waals surface area contributed by atoms with Gasteiger partial charge in [0.2, 0.25) is 0 Å². The van der Waals surface area contributed by atoms with Crippen LogP contribution in [0.1, 0.15) is 53.6 Å². The van der Waals surface area contributed by atoms with Crippen molar-refractivity contribution in [2.45, 2.75) is 49.9 Å². The van der Waals surface area contributed by atoms with Gasteiger partial charge in [-0.1, -0.05) is 36.4 Å². The molecule has 5 atom stereocenters. The molecule has 0 radical (unpaired) electrons. The number of likely N-dealkylation sites (tertiary alicyclic amines) is 1. The lowest BCUT2D eigenvalue weighted by Crippen LogP contribution is -2.43. The molecule has 4 unspecified atom stereocenters. The van der Waals surface area contributed by atoms with Gasteiger partial charge in [0.05, 0.1) is 17.7 Å². The number of Topliss-reactive ketones (excluding diaryl/α,β-unsaturated/α-hetero) is 1. The van der Waals surface area contributed by atoms with Crippen molar-refractivity contribution >= 4 is 11.7 Å². The normalized spacial score (nSPS) is 30.0. The highest BCUT2D eigenvalue weighted by Crippen LogP contribution is 2.57. The molecule has 192 valence electrons. The van der Waals surface area contributed by atoms with Crippen molar-refractivity contribution in [3.05, 3.63) is 71.3 Å². The van der Waals surface area contributed by atoms with Gasteiger partial charge in [0, 0.05) is 24.6 Å². The van der Waals surface area contributed by atoms with Crippen LogP contribution < -0.4 is 5.32 Å². The van der Waals surface area contributed by atoms with Gasteiger partial charge in [-0.2, -0.15) is 13.2 Å². The van der Waals surface area contributed by atoms with Gasteiger partial charge in [-0.15, -0.1) is 0 Å². The lowest BCUT2D eigenvalue weighted by Gasteiger charge is -2.39. The number of fused-ring (bicyclic) bond motifs is 2. The molecule has 1 heterocycles.